The smallest absolute Gasteiger partial charge is 0.324 e. The molecule has 0 fully saturated rings. The van der Waals surface area contributed by atoms with E-state index in [2.05, 4.69) is 10.1 Å². The van der Waals surface area contributed by atoms with Gasteiger partial charge in [-0.3, -0.25) is 9.69 Å². The number of benzene rings is 1. The van der Waals surface area contributed by atoms with Gasteiger partial charge in [0.05, 0.1) is 10.0 Å². The molecule has 0 bridgehead atoms. The zero-order chi connectivity index (χ0) is 16.2. The molecule has 5 nitrogen and oxygen atoms in total. The highest BCUT2D eigenvalue weighted by Gasteiger charge is 2.40. The summed E-state index contributed by atoms with van der Waals surface area (Å²) in [6.07, 6.45) is -1.40. The maximum Gasteiger partial charge on any atom is 0.324 e. The van der Waals surface area contributed by atoms with Crippen LogP contribution in [-0.4, -0.2) is 34.5 Å². The van der Waals surface area contributed by atoms with Gasteiger partial charge in [0, 0.05) is 12.7 Å². The third-order valence-corrected chi connectivity index (χ3v) is 3.61. The van der Waals surface area contributed by atoms with Crippen molar-refractivity contribution < 1.29 is 14.3 Å². The summed E-state index contributed by atoms with van der Waals surface area (Å²) in [5, 5.41) is 3.10. The first-order valence-electron chi connectivity index (χ1n) is 5.31. The minimum absolute atomic E-state index is 0.0789. The highest BCUT2D eigenvalue weighted by atomic mass is 35.6. The molecule has 0 radical (unpaired) electrons. The molecule has 0 aliphatic heterocycles. The van der Waals surface area contributed by atoms with Crippen molar-refractivity contribution in [3.8, 4) is 0 Å². The second kappa shape index (κ2) is 7.61. The van der Waals surface area contributed by atoms with Gasteiger partial charge in [-0.2, -0.15) is 0 Å². The number of hydrogen-bond donors (Lipinski definition) is 1. The molecule has 0 saturated heterocycles. The van der Waals surface area contributed by atoms with Gasteiger partial charge >= 0.3 is 6.03 Å². The number of carbonyl (C=O) groups excluding carboxylic acids is 2. The van der Waals surface area contributed by atoms with Crippen molar-refractivity contribution in [1.82, 2.24) is 4.90 Å². The molecule has 0 aromatic heterocycles. The van der Waals surface area contributed by atoms with Crippen molar-refractivity contribution >= 4 is 76.2 Å². The number of urea groups is 1. The minimum atomic E-state index is -2.01. The number of hydrogen-bond acceptors (Lipinski definition) is 3. The van der Waals surface area contributed by atoms with Crippen LogP contribution in [0.4, 0.5) is 10.5 Å². The molecule has 1 atom stereocenters. The number of amides is 2. The van der Waals surface area contributed by atoms with Crippen molar-refractivity contribution in [2.45, 2.75) is 10.0 Å². The molecule has 0 aliphatic rings. The molecule has 2 amide bonds. The van der Waals surface area contributed by atoms with Crippen LogP contribution in [0.25, 0.3) is 0 Å². The summed E-state index contributed by atoms with van der Waals surface area (Å²) in [7, 11) is 1.29. The lowest BCUT2D eigenvalue weighted by Gasteiger charge is -2.31. The molecular weight excluding hydrogens is 385 g/mol. The van der Waals surface area contributed by atoms with Gasteiger partial charge in [0.1, 0.15) is 0 Å². The van der Waals surface area contributed by atoms with Crippen molar-refractivity contribution in [2.24, 2.45) is 0 Å². The van der Waals surface area contributed by atoms with Gasteiger partial charge in [-0.15, -0.1) is 0 Å². The number of nitrogens with one attached hydrogen (secondary N) is 1. The van der Waals surface area contributed by atoms with E-state index in [1.54, 1.807) is 0 Å². The first-order valence-corrected chi connectivity index (χ1v) is 7.20. The fraction of sp³-hybridized carbons (Fsp3) is 0.273. The lowest BCUT2D eigenvalue weighted by molar-refractivity contribution is -0.139. The van der Waals surface area contributed by atoms with Crippen molar-refractivity contribution in [3.05, 3.63) is 28.2 Å². The van der Waals surface area contributed by atoms with E-state index in [1.807, 2.05) is 0 Å². The van der Waals surface area contributed by atoms with Gasteiger partial charge < -0.3 is 10.1 Å². The van der Waals surface area contributed by atoms with Crippen LogP contribution in [0.15, 0.2) is 18.2 Å². The molecule has 10 heteroatoms. The van der Waals surface area contributed by atoms with E-state index in [0.717, 1.165) is 4.90 Å². The number of rotatable bonds is 4. The Morgan fingerprint density at radius 3 is 2.43 bits per heavy atom. The Hall–Kier alpha value is -0.590. The quantitative estimate of drug-likeness (QED) is 0.470. The summed E-state index contributed by atoms with van der Waals surface area (Å²) < 4.78 is 2.60. The molecule has 0 saturated carbocycles. The van der Waals surface area contributed by atoms with E-state index in [1.165, 1.54) is 25.2 Å². The summed E-state index contributed by atoms with van der Waals surface area (Å²) in [5.74, 6) is 0. The van der Waals surface area contributed by atoms with Gasteiger partial charge in [0.15, 0.2) is 0 Å². The maximum absolute atomic E-state index is 12.0. The molecule has 0 aliphatic carbocycles. The van der Waals surface area contributed by atoms with Gasteiger partial charge in [-0.1, -0.05) is 58.0 Å². The Morgan fingerprint density at radius 2 is 1.95 bits per heavy atom. The zero-order valence-corrected chi connectivity index (χ0v) is 14.2. The van der Waals surface area contributed by atoms with E-state index in [0.29, 0.717) is 10.7 Å². The Labute approximate surface area is 146 Å². The molecule has 1 rings (SSSR count). The summed E-state index contributed by atoms with van der Waals surface area (Å²) in [6, 6.07) is 3.81. The molecule has 0 heterocycles. The number of ether oxygens (including phenoxy) is 1. The third-order valence-electron chi connectivity index (χ3n) is 2.31. The van der Waals surface area contributed by atoms with E-state index < -0.39 is 16.1 Å². The third kappa shape index (κ3) is 5.27. The first kappa shape index (κ1) is 18.5. The van der Waals surface area contributed by atoms with Crippen LogP contribution in [0.2, 0.25) is 10.0 Å². The van der Waals surface area contributed by atoms with Crippen LogP contribution in [0.3, 0.4) is 0 Å². The van der Waals surface area contributed by atoms with Crippen LogP contribution in [0, 0.1) is 0 Å². The normalized spacial score (nSPS) is 12.5. The minimum Gasteiger partial charge on any atom is -0.439 e. The predicted molar refractivity (Wildman–Crippen MR) is 84.5 cm³/mol. The highest BCUT2D eigenvalue weighted by Crippen LogP contribution is 2.34. The number of alkyl halides is 3. The fourth-order valence-corrected chi connectivity index (χ4v) is 2.22. The first-order chi connectivity index (χ1) is 9.66. The van der Waals surface area contributed by atoms with Crippen LogP contribution < -0.4 is 5.32 Å². The number of nitrogens with zero attached hydrogens (tertiary/aromatic N) is 1. The number of anilines is 1. The monoisotopic (exact) mass is 392 g/mol. The van der Waals surface area contributed by atoms with E-state index in [-0.39, 0.29) is 11.5 Å². The van der Waals surface area contributed by atoms with Crippen molar-refractivity contribution in [2.75, 3.05) is 12.4 Å². The molecule has 0 spiro atoms. The second-order valence-corrected chi connectivity index (χ2v) is 6.98. The summed E-state index contributed by atoms with van der Waals surface area (Å²) in [5.41, 5.74) is 0.371. The molecule has 21 heavy (non-hydrogen) atoms. The van der Waals surface area contributed by atoms with Crippen LogP contribution in [0.1, 0.15) is 0 Å². The summed E-state index contributed by atoms with van der Waals surface area (Å²) in [4.78, 5) is 23.4. The standard InChI is InChI=1S/C11H9Cl5N2O3/c1-18(9(21-5-19)11(14,15)16)10(20)17-6-2-3-7(12)8(13)4-6/h2-5,9H,1H3,(H,17,20). The lowest BCUT2D eigenvalue weighted by atomic mass is 10.3. The fourth-order valence-electron chi connectivity index (χ4n) is 1.33. The van der Waals surface area contributed by atoms with Crippen molar-refractivity contribution in [1.29, 1.82) is 0 Å². The summed E-state index contributed by atoms with van der Waals surface area (Å²) in [6.45, 7) is 0.0789. The van der Waals surface area contributed by atoms with Crippen LogP contribution in [0.5, 0.6) is 0 Å². The highest BCUT2D eigenvalue weighted by molar-refractivity contribution is 6.68. The lowest BCUT2D eigenvalue weighted by Crippen LogP contribution is -2.48. The molecule has 1 N–H and O–H groups in total. The van der Waals surface area contributed by atoms with Gasteiger partial charge in [-0.25, -0.2) is 4.79 Å². The van der Waals surface area contributed by atoms with Crippen LogP contribution >= 0.6 is 58.0 Å². The zero-order valence-electron chi connectivity index (χ0n) is 10.4. The molecule has 116 valence electrons. The molecule has 1 aromatic rings. The van der Waals surface area contributed by atoms with Crippen molar-refractivity contribution in [3.63, 3.8) is 0 Å². The Balaban J connectivity index is 2.85. The Kier molecular flexibility index (Phi) is 6.69. The van der Waals surface area contributed by atoms with Gasteiger partial charge in [0.2, 0.25) is 10.0 Å². The maximum atomic E-state index is 12.0. The topological polar surface area (TPSA) is 58.6 Å². The Bertz CT molecular complexity index is 535. The molecule has 1 unspecified atom stereocenters. The SMILES string of the molecule is CN(C(=O)Nc1ccc(Cl)c(Cl)c1)C(OC=O)C(Cl)(Cl)Cl. The average Bonchev–Trinajstić information content (AvgIpc) is 2.38. The number of halogens is 5. The average molecular weight is 394 g/mol. The number of carbonyl (C=O) groups is 2. The summed E-state index contributed by atoms with van der Waals surface area (Å²) >= 11 is 28.6. The van der Waals surface area contributed by atoms with E-state index in [9.17, 15) is 9.59 Å². The molecule has 1 aromatic carbocycles. The second-order valence-electron chi connectivity index (χ2n) is 3.80. The van der Waals surface area contributed by atoms with E-state index in [4.69, 9.17) is 58.0 Å². The molecular formula is C11H9Cl5N2O3. The van der Waals surface area contributed by atoms with Gasteiger partial charge in [0.25, 0.3) is 6.47 Å². The van der Waals surface area contributed by atoms with Crippen LogP contribution in [-0.2, 0) is 9.53 Å². The van der Waals surface area contributed by atoms with Gasteiger partial charge in [-0.05, 0) is 18.2 Å². The van der Waals surface area contributed by atoms with E-state index >= 15 is 0 Å². The largest absolute Gasteiger partial charge is 0.439 e. The Morgan fingerprint density at radius 1 is 1.33 bits per heavy atom. The predicted octanol–water partition coefficient (Wildman–Crippen LogP) is 4.33.